The van der Waals surface area contributed by atoms with E-state index in [1.54, 1.807) is 78.2 Å². The molecular weight excluding hydrogens is 1980 g/mol. The van der Waals surface area contributed by atoms with Gasteiger partial charge in [-0.25, -0.2) is 41.9 Å². The average molecular weight is 2080 g/mol. The van der Waals surface area contributed by atoms with Crippen molar-refractivity contribution in [3.63, 3.8) is 0 Å². The number of thiophene rings is 1. The second kappa shape index (κ2) is 52.9. The minimum Gasteiger partial charge on any atom is -0.504 e. The molecule has 0 aliphatic heterocycles. The van der Waals surface area contributed by atoms with Crippen LogP contribution in [0.2, 0.25) is 0 Å². The number of aromatic hydroxyl groups is 4. The molecule has 9 amide bonds. The lowest BCUT2D eigenvalue weighted by Crippen LogP contribution is -2.42. The lowest BCUT2D eigenvalue weighted by atomic mass is 10.0. The highest BCUT2D eigenvalue weighted by molar-refractivity contribution is 7.09. The minimum absolute atomic E-state index is 0.00347. The first-order valence-electron chi connectivity index (χ1n) is 46.8. The van der Waals surface area contributed by atoms with Crippen molar-refractivity contribution in [2.45, 2.75) is 64.1 Å². The van der Waals surface area contributed by atoms with Gasteiger partial charge in [0.25, 0.3) is 47.3 Å². The Bertz CT molecular complexity index is 7310. The Labute approximate surface area is 858 Å². The summed E-state index contributed by atoms with van der Waals surface area (Å²) in [7, 11) is 15.3. The third-order valence-electron chi connectivity index (χ3n) is 22.4. The number of anilines is 1. The number of alkyl halides is 3. The summed E-state index contributed by atoms with van der Waals surface area (Å²) in [4.78, 5) is 158. The maximum Gasteiger partial charge on any atom is 0.405 e. The Kier molecular flexibility index (Phi) is 39.4. The molecule has 10 heterocycles. The van der Waals surface area contributed by atoms with E-state index in [-0.39, 0.29) is 114 Å². The molecule has 35 nitrogen and oxygen atoms in total. The summed E-state index contributed by atoms with van der Waals surface area (Å²) in [5.74, 6) is -10.5. The molecule has 0 saturated heterocycles. The predicted octanol–water partition coefficient (Wildman–Crippen LogP) is 13.3. The Morgan fingerprint density at radius 1 is 0.333 bits per heavy atom. The van der Waals surface area contributed by atoms with Gasteiger partial charge >= 0.3 is 12.1 Å². The van der Waals surface area contributed by atoms with E-state index in [1.807, 2.05) is 93.5 Å². The van der Waals surface area contributed by atoms with Crippen molar-refractivity contribution in [3.8, 4) is 23.0 Å². The van der Waals surface area contributed by atoms with Crippen molar-refractivity contribution in [1.82, 2.24) is 102 Å². The van der Waals surface area contributed by atoms with Crippen LogP contribution in [0.5, 0.6) is 23.0 Å². The van der Waals surface area contributed by atoms with Crippen LogP contribution in [0, 0.1) is 29.1 Å². The molecule has 15 aromatic rings. The number of hydrogen-bond donors (Lipinski definition) is 13. The lowest BCUT2D eigenvalue weighted by molar-refractivity contribution is -0.123. The molecule has 150 heavy (non-hydrogen) atoms. The van der Waals surface area contributed by atoms with Crippen LogP contribution in [0.15, 0.2) is 211 Å². The van der Waals surface area contributed by atoms with Gasteiger partial charge in [-0.1, -0.05) is 54.6 Å². The number of rotatable bonds is 37. The van der Waals surface area contributed by atoms with E-state index < -0.39 is 106 Å². The number of amides is 9. The normalized spacial score (nSPS) is 11.2. The molecule has 44 heteroatoms. The molecule has 10 aromatic heterocycles. The number of fused-ring (bicyclic) bond motifs is 4. The fourth-order valence-electron chi connectivity index (χ4n) is 14.9. The fraction of sp³-hybridized carbons (Fsp3) is 0.255. The Morgan fingerprint density at radius 3 is 0.907 bits per heavy atom. The molecule has 5 aromatic carbocycles. The first-order chi connectivity index (χ1) is 71.7. The summed E-state index contributed by atoms with van der Waals surface area (Å²) in [6, 6.07) is 42.0. The monoisotopic (exact) mass is 2080 g/mol. The molecule has 0 atom stereocenters. The summed E-state index contributed by atoms with van der Waals surface area (Å²) in [5.41, 5.74) is 8.20. The van der Waals surface area contributed by atoms with E-state index in [0.29, 0.717) is 111 Å². The summed E-state index contributed by atoms with van der Waals surface area (Å²) >= 11 is 1.51. The van der Waals surface area contributed by atoms with Gasteiger partial charge in [0, 0.05) is 83.1 Å². The van der Waals surface area contributed by atoms with Gasteiger partial charge < -0.3 is 81.7 Å². The first-order valence-corrected chi connectivity index (χ1v) is 47.7. The van der Waals surface area contributed by atoms with E-state index in [9.17, 15) is 98.7 Å². The summed E-state index contributed by atoms with van der Waals surface area (Å²) in [6.07, 6.45) is 6.70. The second-order valence-electron chi connectivity index (χ2n) is 35.4. The van der Waals surface area contributed by atoms with Gasteiger partial charge in [-0.15, -0.1) is 11.3 Å². The highest BCUT2D eigenvalue weighted by Gasteiger charge is 2.33. The largest absolute Gasteiger partial charge is 0.504 e. The number of furan rings is 1. The molecule has 0 fully saturated rings. The number of hydrazine groups is 1. The van der Waals surface area contributed by atoms with Gasteiger partial charge in [-0.3, -0.25) is 73.9 Å². The number of aromatic nitrogens is 8. The maximum atomic E-state index is 13.3. The predicted molar refractivity (Wildman–Crippen MR) is 546 cm³/mol. The summed E-state index contributed by atoms with van der Waals surface area (Å²) in [6.45, 7) is 2.95. The van der Waals surface area contributed by atoms with Crippen molar-refractivity contribution in [1.29, 1.82) is 0 Å². The van der Waals surface area contributed by atoms with E-state index in [2.05, 4.69) is 82.6 Å². The molecule has 0 aliphatic rings. The molecule has 0 radical (unpaired) electrons. The summed E-state index contributed by atoms with van der Waals surface area (Å²) < 4.78 is 110. The van der Waals surface area contributed by atoms with Gasteiger partial charge in [0.05, 0.1) is 12.8 Å². The number of nitrogens with zero attached hydrogens (tertiary/aromatic N) is 12. The van der Waals surface area contributed by atoms with Crippen LogP contribution in [0.25, 0.3) is 43.6 Å². The van der Waals surface area contributed by atoms with Gasteiger partial charge in [-0.2, -0.15) is 13.2 Å². The Morgan fingerprint density at radius 2 is 0.620 bits per heavy atom. The molecule has 15 rings (SSSR count). The van der Waals surface area contributed by atoms with E-state index in [1.165, 1.54) is 127 Å². The van der Waals surface area contributed by atoms with Gasteiger partial charge in [0.1, 0.15) is 80.5 Å². The third kappa shape index (κ3) is 32.0. The quantitative estimate of drug-likeness (QED) is 0.00977. The molecule has 0 unspecified atom stereocenters. The van der Waals surface area contributed by atoms with Crippen molar-refractivity contribution in [2.75, 3.05) is 121 Å². The van der Waals surface area contributed by atoms with Crippen LogP contribution < -0.4 is 48.1 Å². The first kappa shape index (κ1) is 112. The number of hydrogen-bond acceptors (Lipinski definition) is 27. The van der Waals surface area contributed by atoms with Crippen molar-refractivity contribution in [2.24, 2.45) is 0 Å². The number of nitrogens with one attached hydrogen (secondary N) is 9. The third-order valence-corrected chi connectivity index (χ3v) is 23.2. The molecule has 782 valence electrons. The van der Waals surface area contributed by atoms with E-state index in [4.69, 9.17) is 4.42 Å². The second-order valence-corrected chi connectivity index (χ2v) is 36.4. The average Bonchev–Trinajstić information content (AvgIpc) is 0.784. The number of benzene rings is 5. The number of pyridine rings is 8. The van der Waals surface area contributed by atoms with Crippen molar-refractivity contribution in [3.05, 3.63) is 336 Å². The molecular formula is C106H107F8N21O14S. The number of halogens is 8. The zero-order chi connectivity index (χ0) is 108. The summed E-state index contributed by atoms with van der Waals surface area (Å²) in [5, 5.41) is 63.9. The maximum absolute atomic E-state index is 13.3. The number of carbonyl (C=O) groups is 9. The highest BCUT2D eigenvalue weighted by Crippen LogP contribution is 2.36. The van der Waals surface area contributed by atoms with Gasteiger partial charge in [-0.05, 0) is 299 Å². The van der Waals surface area contributed by atoms with Crippen LogP contribution in [0.4, 0.5) is 40.8 Å². The molecule has 0 bridgehead atoms. The van der Waals surface area contributed by atoms with Crippen molar-refractivity contribution >= 4 is 114 Å². The van der Waals surface area contributed by atoms with Crippen LogP contribution in [-0.2, 0) is 32.2 Å². The van der Waals surface area contributed by atoms with Gasteiger partial charge in [0.15, 0.2) is 51.5 Å². The minimum atomic E-state index is -4.67. The Hall–Kier alpha value is -17.0. The van der Waals surface area contributed by atoms with Crippen molar-refractivity contribution < 1.29 is 103 Å². The SMILES string of the molecule is CN(C)CCCNC(=O)c1nc(C(=O)NCC(F)(F)F)c2cc(Cc3ccc(F)cc3)cnc2c1O.CN(C)CCCNC(=O)c1nc(C(=O)NCc2cccs2)c2cc(Cc3ccc(F)cc3)cnc2c1O.CN(C)CCCNC(=O)c1nc(C(=O)NNC(=O)c2ccco2)c2cc(Cc3ccc(F)cc3)cnc2c1O.CN(C)CCCNC(=O)c1nc(C(=O)Nc2ccc(F)cc2)c2cc(Cc3ccc(F)cc3)cnc2c1O. The molecule has 13 N–H and O–H groups in total. The topological polar surface area (TPSA) is 472 Å². The van der Waals surface area contributed by atoms with E-state index in [0.717, 1.165) is 46.8 Å². The smallest absolute Gasteiger partial charge is 0.405 e. The fourth-order valence-corrected chi connectivity index (χ4v) is 15.6. The van der Waals surface area contributed by atoms with E-state index >= 15 is 0 Å². The van der Waals surface area contributed by atoms with Crippen LogP contribution in [0.1, 0.15) is 170 Å². The molecule has 0 aliphatic carbocycles. The van der Waals surface area contributed by atoms with Crippen LogP contribution in [-0.4, -0.2) is 255 Å². The van der Waals surface area contributed by atoms with Crippen LogP contribution in [0.3, 0.4) is 0 Å². The van der Waals surface area contributed by atoms with Gasteiger partial charge in [0.2, 0.25) is 0 Å². The number of carbonyl (C=O) groups excluding carboxylic acids is 9. The standard InChI is InChI=1S/C28H27F2N5O3.C27H27FN6O5.C27H28FN5O3S.C24H25F4N5O3/c1-35(2)13-3-12-31-27(37)25-26(36)23-22(15-18(16-32-23)14-17-4-6-19(29)7-5-17)24(34-25)28(38)33-21-10-8-20(30)9-11-21;1-34(2)11-4-10-29-26(37)23-24(35)21-19(14-17(15-30-21)13-16-6-8-18(28)9-7-16)22(31-23)27(38)33-32-25(36)20-5-3-12-39-20;1-33(2)11-4-10-29-27(36)24-25(34)22-21(23(32-24)26(35)31-16-20-5-3-12-37-20)14-18(15-30-22)13-17-6-8-19(28)9-7-17;1-33(2)9-3-8-29-23(36)20-21(34)18-17(19(32-20)22(35)31-13-24(26,27)28)11-15(12-30-18)10-14-4-6-16(25)7-5-14/h4-11,15-16,36H,3,12-14H2,1-2H3,(H,31,37)(H,33,38);3,5-9,12,14-15,35H,4,10-11,13H2,1-2H3,(H,29,37)(H,32,36)(H,33,38);3,5-9,12,14-15,34H,4,10-11,13,16H2,1-2H3,(H,29,36)(H,31,35);4-7,11-12,34H,3,8-10,13H2,1-2H3,(H,29,36)(H,31,35). The highest BCUT2D eigenvalue weighted by atomic mass is 32.1. The van der Waals surface area contributed by atoms with Crippen LogP contribution >= 0.6 is 11.3 Å². The zero-order valence-corrected chi connectivity index (χ0v) is 83.3. The Balaban J connectivity index is 0.000000177. The molecule has 0 saturated carbocycles. The lowest BCUT2D eigenvalue weighted by Gasteiger charge is -2.14. The molecule has 0 spiro atoms. The zero-order valence-electron chi connectivity index (χ0n) is 82.5.